The van der Waals surface area contributed by atoms with Gasteiger partial charge in [-0.25, -0.2) is 4.79 Å². The maximum atomic E-state index is 12.2. The highest BCUT2D eigenvalue weighted by molar-refractivity contribution is 5.92. The first-order valence-electron chi connectivity index (χ1n) is 4.44. The fourth-order valence-electron chi connectivity index (χ4n) is 1.25. The number of aromatic nitrogens is 1. The molecule has 0 aliphatic carbocycles. The van der Waals surface area contributed by atoms with Crippen LogP contribution in [0.3, 0.4) is 0 Å². The fraction of sp³-hybridized carbons (Fsp3) is 0.333. The van der Waals surface area contributed by atoms with Crippen molar-refractivity contribution in [1.82, 2.24) is 4.98 Å². The molecule has 17 heavy (non-hydrogen) atoms. The average molecular weight is 250 g/mol. The van der Waals surface area contributed by atoms with Crippen molar-refractivity contribution >= 4 is 5.97 Å². The van der Waals surface area contributed by atoms with E-state index in [4.69, 9.17) is 10.8 Å². The number of hydrogen-bond donors (Lipinski definition) is 2. The smallest absolute Gasteiger partial charge is 0.477 e. The van der Waals surface area contributed by atoms with Crippen molar-refractivity contribution in [2.75, 3.05) is 0 Å². The van der Waals surface area contributed by atoms with Gasteiger partial charge in [0.25, 0.3) is 0 Å². The van der Waals surface area contributed by atoms with Gasteiger partial charge >= 0.3 is 12.3 Å². The molecule has 1 aromatic heterocycles. The highest BCUT2D eigenvalue weighted by atomic mass is 19.4. The van der Waals surface area contributed by atoms with Crippen LogP contribution in [0, 0.1) is 6.92 Å². The van der Waals surface area contributed by atoms with Gasteiger partial charge in [-0.1, -0.05) is 0 Å². The molecule has 0 spiro atoms. The molecule has 1 rings (SSSR count). The van der Waals surface area contributed by atoms with Crippen molar-refractivity contribution in [2.45, 2.75) is 19.8 Å². The summed E-state index contributed by atoms with van der Waals surface area (Å²) in [5.41, 5.74) is 4.38. The van der Waals surface area contributed by atoms with Crippen LogP contribution in [0.5, 0.6) is 5.75 Å². The molecule has 0 aliphatic rings. The number of alkyl halides is 3. The maximum absolute atomic E-state index is 12.2. The number of ether oxygens (including phenoxy) is 1. The molecule has 0 unspecified atom stereocenters. The number of aryl methyl sites for hydroxylation is 1. The lowest BCUT2D eigenvalue weighted by molar-refractivity contribution is -0.275. The molecular weight excluding hydrogens is 241 g/mol. The lowest BCUT2D eigenvalue weighted by atomic mass is 10.1. The number of rotatable bonds is 3. The molecular formula is C9H9F3N2O3. The molecule has 1 heterocycles. The summed E-state index contributed by atoms with van der Waals surface area (Å²) >= 11 is 0. The van der Waals surface area contributed by atoms with E-state index in [1.165, 1.54) is 6.92 Å². The molecule has 0 amide bonds. The number of nitrogens with zero attached hydrogens (tertiary/aromatic N) is 1. The zero-order valence-corrected chi connectivity index (χ0v) is 8.71. The van der Waals surface area contributed by atoms with Crippen LogP contribution >= 0.6 is 0 Å². The Labute approximate surface area is 94.0 Å². The Kier molecular flexibility index (Phi) is 3.56. The van der Waals surface area contributed by atoms with Gasteiger partial charge in [-0.3, -0.25) is 4.98 Å². The van der Waals surface area contributed by atoms with E-state index in [2.05, 4.69) is 9.72 Å². The minimum absolute atomic E-state index is 0.0750. The molecule has 0 aromatic carbocycles. The second-order valence-corrected chi connectivity index (χ2v) is 3.13. The SMILES string of the molecule is Cc1ncc(CN)c(OC(F)(F)F)c1C(=O)O. The third-order valence-electron chi connectivity index (χ3n) is 1.95. The summed E-state index contributed by atoms with van der Waals surface area (Å²) in [4.78, 5) is 14.5. The molecule has 5 nitrogen and oxygen atoms in total. The van der Waals surface area contributed by atoms with Crippen LogP contribution in [0.25, 0.3) is 0 Å². The van der Waals surface area contributed by atoms with E-state index in [9.17, 15) is 18.0 Å². The van der Waals surface area contributed by atoms with Gasteiger partial charge in [0.2, 0.25) is 0 Å². The molecule has 0 saturated heterocycles. The van der Waals surface area contributed by atoms with Crippen molar-refractivity contribution in [1.29, 1.82) is 0 Å². The summed E-state index contributed by atoms with van der Waals surface area (Å²) in [6, 6.07) is 0. The van der Waals surface area contributed by atoms with Crippen LogP contribution in [0.1, 0.15) is 21.6 Å². The van der Waals surface area contributed by atoms with Crippen LogP contribution in [0.2, 0.25) is 0 Å². The number of carboxylic acid groups (broad SMARTS) is 1. The molecule has 94 valence electrons. The number of carbonyl (C=O) groups is 1. The van der Waals surface area contributed by atoms with Crippen molar-refractivity contribution in [3.8, 4) is 5.75 Å². The fourth-order valence-corrected chi connectivity index (χ4v) is 1.25. The second-order valence-electron chi connectivity index (χ2n) is 3.13. The summed E-state index contributed by atoms with van der Waals surface area (Å²) in [5, 5.41) is 8.84. The van der Waals surface area contributed by atoms with E-state index in [0.29, 0.717) is 0 Å². The third kappa shape index (κ3) is 3.06. The minimum Gasteiger partial charge on any atom is -0.477 e. The monoisotopic (exact) mass is 250 g/mol. The van der Waals surface area contributed by atoms with E-state index < -0.39 is 23.6 Å². The number of nitrogens with two attached hydrogens (primary N) is 1. The Morgan fingerprint density at radius 1 is 1.59 bits per heavy atom. The molecule has 1 aromatic rings. The zero-order valence-electron chi connectivity index (χ0n) is 8.71. The van der Waals surface area contributed by atoms with Crippen molar-refractivity contribution in [2.24, 2.45) is 5.73 Å². The number of carboxylic acids is 1. The molecule has 0 fully saturated rings. The largest absolute Gasteiger partial charge is 0.573 e. The summed E-state index contributed by atoms with van der Waals surface area (Å²) in [7, 11) is 0. The summed E-state index contributed by atoms with van der Waals surface area (Å²) in [5.74, 6) is -2.36. The lowest BCUT2D eigenvalue weighted by Gasteiger charge is -2.15. The third-order valence-corrected chi connectivity index (χ3v) is 1.95. The van der Waals surface area contributed by atoms with Crippen LogP contribution in [-0.2, 0) is 6.54 Å². The molecule has 3 N–H and O–H groups in total. The topological polar surface area (TPSA) is 85.4 Å². The van der Waals surface area contributed by atoms with Crippen LogP contribution in [0.4, 0.5) is 13.2 Å². The van der Waals surface area contributed by atoms with E-state index in [1.807, 2.05) is 0 Å². The molecule has 0 atom stereocenters. The highest BCUT2D eigenvalue weighted by Gasteiger charge is 2.35. The first kappa shape index (κ1) is 13.2. The first-order valence-corrected chi connectivity index (χ1v) is 4.44. The van der Waals surface area contributed by atoms with Crippen molar-refractivity contribution < 1.29 is 27.8 Å². The van der Waals surface area contributed by atoms with Gasteiger partial charge in [0.05, 0.1) is 5.69 Å². The number of hydrogen-bond acceptors (Lipinski definition) is 4. The normalized spacial score (nSPS) is 11.4. The molecule has 0 radical (unpaired) electrons. The predicted molar refractivity (Wildman–Crippen MR) is 50.5 cm³/mol. The zero-order chi connectivity index (χ0) is 13.2. The van der Waals surface area contributed by atoms with Gasteiger partial charge in [-0.2, -0.15) is 0 Å². The molecule has 0 saturated carbocycles. The quantitative estimate of drug-likeness (QED) is 0.847. The molecule has 0 bridgehead atoms. The van der Waals surface area contributed by atoms with E-state index in [0.717, 1.165) is 6.20 Å². The van der Waals surface area contributed by atoms with Gasteiger partial charge in [-0.05, 0) is 6.92 Å². The standard InChI is InChI=1S/C9H9F3N2O3/c1-4-6(8(15)16)7(17-9(10,11)12)5(2-13)3-14-4/h3H,2,13H2,1H3,(H,15,16). The Morgan fingerprint density at radius 3 is 2.59 bits per heavy atom. The summed E-state index contributed by atoms with van der Waals surface area (Å²) in [6.45, 7) is 0.964. The number of aromatic carboxylic acids is 1. The van der Waals surface area contributed by atoms with Gasteiger partial charge < -0.3 is 15.6 Å². The number of halogens is 3. The Hall–Kier alpha value is -1.83. The van der Waals surface area contributed by atoms with E-state index in [-0.39, 0.29) is 17.8 Å². The predicted octanol–water partition coefficient (Wildman–Crippen LogP) is 1.45. The van der Waals surface area contributed by atoms with Crippen LogP contribution in [-0.4, -0.2) is 22.4 Å². The van der Waals surface area contributed by atoms with Gasteiger partial charge in [-0.15, -0.1) is 13.2 Å². The van der Waals surface area contributed by atoms with Crippen molar-refractivity contribution in [3.63, 3.8) is 0 Å². The Morgan fingerprint density at radius 2 is 2.18 bits per heavy atom. The van der Waals surface area contributed by atoms with Crippen molar-refractivity contribution in [3.05, 3.63) is 23.0 Å². The Balaban J connectivity index is 3.40. The van der Waals surface area contributed by atoms with E-state index >= 15 is 0 Å². The lowest BCUT2D eigenvalue weighted by Crippen LogP contribution is -2.22. The highest BCUT2D eigenvalue weighted by Crippen LogP contribution is 2.31. The minimum atomic E-state index is -4.98. The average Bonchev–Trinajstić information content (AvgIpc) is 2.15. The second kappa shape index (κ2) is 4.58. The summed E-state index contributed by atoms with van der Waals surface area (Å²) < 4.78 is 40.2. The first-order chi connectivity index (χ1) is 7.76. The van der Waals surface area contributed by atoms with Crippen LogP contribution in [0.15, 0.2) is 6.20 Å². The van der Waals surface area contributed by atoms with Gasteiger partial charge in [0.1, 0.15) is 5.56 Å². The Bertz CT molecular complexity index is 446. The maximum Gasteiger partial charge on any atom is 0.573 e. The number of pyridine rings is 1. The van der Waals surface area contributed by atoms with Gasteiger partial charge in [0, 0.05) is 18.3 Å². The van der Waals surface area contributed by atoms with E-state index in [1.54, 1.807) is 0 Å². The molecule has 8 heteroatoms. The molecule has 0 aliphatic heterocycles. The summed E-state index contributed by atoms with van der Waals surface area (Å²) in [6.07, 6.45) is -3.93. The van der Waals surface area contributed by atoms with Gasteiger partial charge in [0.15, 0.2) is 5.75 Å². The van der Waals surface area contributed by atoms with Crippen LogP contribution < -0.4 is 10.5 Å².